The fourth-order valence-electron chi connectivity index (χ4n) is 5.26. The quantitative estimate of drug-likeness (QED) is 0.328. The molecule has 0 aliphatic carbocycles. The van der Waals surface area contributed by atoms with Crippen molar-refractivity contribution in [3.05, 3.63) is 63.7 Å². The Morgan fingerprint density at radius 1 is 0.975 bits per heavy atom. The first-order valence-electron chi connectivity index (χ1n) is 13.7. The minimum absolute atomic E-state index is 0.150. The minimum Gasteiger partial charge on any atom is -0.486 e. The SMILES string of the molecule is CCC(c1nnnn1C(C)(C)CC)N(Cc1ccc2c(c1)OCO2)Cc1cc2cc3c(cc2[nH]c1=O)OCCO3. The van der Waals surface area contributed by atoms with Crippen LogP contribution < -0.4 is 24.5 Å². The Balaban J connectivity index is 1.40. The van der Waals surface area contributed by atoms with Crippen molar-refractivity contribution in [2.75, 3.05) is 20.0 Å². The molecule has 11 heteroatoms. The number of pyridine rings is 1. The van der Waals surface area contributed by atoms with E-state index in [1.165, 1.54) is 0 Å². The zero-order valence-corrected chi connectivity index (χ0v) is 23.3. The second-order valence-electron chi connectivity index (χ2n) is 10.8. The highest BCUT2D eigenvalue weighted by Crippen LogP contribution is 2.36. The van der Waals surface area contributed by atoms with Gasteiger partial charge in [0.15, 0.2) is 28.8 Å². The molecule has 2 aromatic heterocycles. The smallest absolute Gasteiger partial charge is 0.252 e. The molecule has 11 nitrogen and oxygen atoms in total. The van der Waals surface area contributed by atoms with Crippen LogP contribution in [0.25, 0.3) is 10.9 Å². The van der Waals surface area contributed by atoms with E-state index >= 15 is 0 Å². The molecular formula is C29H34N6O5. The second-order valence-corrected chi connectivity index (χ2v) is 10.8. The lowest BCUT2D eigenvalue weighted by atomic mass is 10.0. The van der Waals surface area contributed by atoms with Crippen LogP contribution in [0.2, 0.25) is 0 Å². The summed E-state index contributed by atoms with van der Waals surface area (Å²) in [5.74, 6) is 3.55. The number of benzene rings is 2. The summed E-state index contributed by atoms with van der Waals surface area (Å²) in [6.45, 7) is 10.6. The van der Waals surface area contributed by atoms with E-state index in [1.54, 1.807) is 0 Å². The van der Waals surface area contributed by atoms with E-state index in [0.717, 1.165) is 41.1 Å². The van der Waals surface area contributed by atoms with Crippen LogP contribution in [0.1, 0.15) is 63.5 Å². The first kappa shape index (κ1) is 26.1. The van der Waals surface area contributed by atoms with Crippen LogP contribution in [0.15, 0.2) is 41.2 Å². The molecule has 0 spiro atoms. The van der Waals surface area contributed by atoms with Crippen molar-refractivity contribution < 1.29 is 18.9 Å². The maximum absolute atomic E-state index is 13.4. The van der Waals surface area contributed by atoms with E-state index in [2.05, 4.69) is 53.1 Å². The Bertz CT molecular complexity index is 1600. The predicted molar refractivity (Wildman–Crippen MR) is 148 cm³/mol. The highest BCUT2D eigenvalue weighted by molar-refractivity contribution is 5.83. The molecule has 210 valence electrons. The Kier molecular flexibility index (Phi) is 6.83. The Labute approximate surface area is 232 Å². The molecule has 1 atom stereocenters. The molecule has 1 unspecified atom stereocenters. The summed E-state index contributed by atoms with van der Waals surface area (Å²) in [6, 6.07) is 11.5. The molecule has 6 rings (SSSR count). The third kappa shape index (κ3) is 4.85. The van der Waals surface area contributed by atoms with Crippen molar-refractivity contribution in [2.45, 2.75) is 65.2 Å². The van der Waals surface area contributed by atoms with Gasteiger partial charge < -0.3 is 23.9 Å². The van der Waals surface area contributed by atoms with E-state index in [-0.39, 0.29) is 23.9 Å². The number of hydrogen-bond acceptors (Lipinski definition) is 9. The summed E-state index contributed by atoms with van der Waals surface area (Å²) < 4.78 is 24.6. The molecule has 0 saturated carbocycles. The van der Waals surface area contributed by atoms with Gasteiger partial charge in [-0.05, 0) is 66.9 Å². The van der Waals surface area contributed by atoms with Gasteiger partial charge in [-0.15, -0.1) is 5.10 Å². The van der Waals surface area contributed by atoms with E-state index in [0.29, 0.717) is 48.9 Å². The largest absolute Gasteiger partial charge is 0.486 e. The third-order valence-electron chi connectivity index (χ3n) is 7.84. The number of aromatic amines is 1. The molecule has 0 bridgehead atoms. The predicted octanol–water partition coefficient (Wildman–Crippen LogP) is 4.31. The fraction of sp³-hybridized carbons (Fsp3) is 0.448. The molecule has 40 heavy (non-hydrogen) atoms. The van der Waals surface area contributed by atoms with Crippen LogP contribution in [0.4, 0.5) is 0 Å². The van der Waals surface area contributed by atoms with Gasteiger partial charge in [-0.1, -0.05) is 19.9 Å². The van der Waals surface area contributed by atoms with Crippen LogP contribution in [-0.2, 0) is 18.6 Å². The molecule has 2 aromatic carbocycles. The monoisotopic (exact) mass is 546 g/mol. The van der Waals surface area contributed by atoms with Crippen molar-refractivity contribution in [3.8, 4) is 23.0 Å². The molecule has 2 aliphatic rings. The molecule has 0 saturated heterocycles. The van der Waals surface area contributed by atoms with Crippen molar-refractivity contribution in [2.24, 2.45) is 0 Å². The number of fused-ring (bicyclic) bond motifs is 3. The number of H-pyrrole nitrogens is 1. The van der Waals surface area contributed by atoms with Crippen LogP contribution in [0.5, 0.6) is 23.0 Å². The molecule has 1 N–H and O–H groups in total. The number of rotatable bonds is 9. The standard InChI is InChI=1S/C29H34N6O5/c1-5-22(27-31-32-33-35(27)29(3,4)6-2)34(15-18-7-8-23-24(11-18)40-17-39-23)16-20-12-19-13-25-26(38-10-9-37-25)14-21(19)30-28(20)36/h7-8,11-14,22H,5-6,9-10,15-17H2,1-4H3,(H,30,36). The first-order valence-corrected chi connectivity index (χ1v) is 13.7. The summed E-state index contributed by atoms with van der Waals surface area (Å²) >= 11 is 0. The van der Waals surface area contributed by atoms with E-state index in [1.807, 2.05) is 41.1 Å². The topological polar surface area (TPSA) is 117 Å². The number of ether oxygens (including phenoxy) is 4. The van der Waals surface area contributed by atoms with Gasteiger partial charge in [-0.25, -0.2) is 4.68 Å². The molecule has 0 fully saturated rings. The van der Waals surface area contributed by atoms with Gasteiger partial charge in [0.1, 0.15) is 13.2 Å². The Morgan fingerprint density at radius 3 is 2.50 bits per heavy atom. The molecule has 4 aromatic rings. The lowest BCUT2D eigenvalue weighted by Gasteiger charge is -2.33. The second kappa shape index (κ2) is 10.5. The van der Waals surface area contributed by atoms with E-state index < -0.39 is 0 Å². The highest BCUT2D eigenvalue weighted by Gasteiger charge is 2.31. The van der Waals surface area contributed by atoms with Gasteiger partial charge in [0.05, 0.1) is 17.1 Å². The lowest BCUT2D eigenvalue weighted by Crippen LogP contribution is -2.36. The van der Waals surface area contributed by atoms with Crippen molar-refractivity contribution in [1.29, 1.82) is 0 Å². The number of aromatic nitrogens is 5. The van der Waals surface area contributed by atoms with Gasteiger partial charge in [0, 0.05) is 30.1 Å². The summed E-state index contributed by atoms with van der Waals surface area (Å²) in [4.78, 5) is 18.7. The molecule has 0 radical (unpaired) electrons. The minimum atomic E-state index is -0.266. The van der Waals surface area contributed by atoms with Gasteiger partial charge in [0.25, 0.3) is 5.56 Å². The van der Waals surface area contributed by atoms with Gasteiger partial charge in [-0.2, -0.15) is 0 Å². The fourth-order valence-corrected chi connectivity index (χ4v) is 5.26. The van der Waals surface area contributed by atoms with Crippen LogP contribution in [0, 0.1) is 0 Å². The van der Waals surface area contributed by atoms with Crippen molar-refractivity contribution >= 4 is 10.9 Å². The van der Waals surface area contributed by atoms with Gasteiger partial charge in [-0.3, -0.25) is 9.69 Å². The van der Waals surface area contributed by atoms with E-state index in [9.17, 15) is 4.79 Å². The van der Waals surface area contributed by atoms with Crippen molar-refractivity contribution in [1.82, 2.24) is 30.1 Å². The molecular weight excluding hydrogens is 512 g/mol. The normalized spacial score (nSPS) is 15.1. The number of nitrogens with one attached hydrogen (secondary N) is 1. The van der Waals surface area contributed by atoms with Crippen LogP contribution in [0.3, 0.4) is 0 Å². The number of hydrogen-bond donors (Lipinski definition) is 1. The molecule has 4 heterocycles. The van der Waals surface area contributed by atoms with Crippen LogP contribution >= 0.6 is 0 Å². The maximum atomic E-state index is 13.4. The maximum Gasteiger partial charge on any atom is 0.252 e. The average molecular weight is 547 g/mol. The van der Waals surface area contributed by atoms with Crippen molar-refractivity contribution in [3.63, 3.8) is 0 Å². The third-order valence-corrected chi connectivity index (χ3v) is 7.84. The number of nitrogens with zero attached hydrogens (tertiary/aromatic N) is 5. The Hall–Kier alpha value is -4.12. The summed E-state index contributed by atoms with van der Waals surface area (Å²) in [5.41, 5.74) is 1.97. The van der Waals surface area contributed by atoms with Gasteiger partial charge in [0.2, 0.25) is 6.79 Å². The lowest BCUT2D eigenvalue weighted by molar-refractivity contribution is 0.150. The molecule has 2 aliphatic heterocycles. The van der Waals surface area contributed by atoms with Crippen LogP contribution in [-0.4, -0.2) is 50.1 Å². The molecule has 0 amide bonds. The van der Waals surface area contributed by atoms with E-state index in [4.69, 9.17) is 18.9 Å². The van der Waals surface area contributed by atoms with Gasteiger partial charge >= 0.3 is 0 Å². The summed E-state index contributed by atoms with van der Waals surface area (Å²) in [6.07, 6.45) is 1.61. The zero-order chi connectivity index (χ0) is 27.9. The Morgan fingerprint density at radius 2 is 1.73 bits per heavy atom. The number of tetrazole rings is 1. The summed E-state index contributed by atoms with van der Waals surface area (Å²) in [7, 11) is 0. The zero-order valence-electron chi connectivity index (χ0n) is 23.3. The highest BCUT2D eigenvalue weighted by atomic mass is 16.7. The summed E-state index contributed by atoms with van der Waals surface area (Å²) in [5, 5.41) is 13.8. The first-order chi connectivity index (χ1) is 19.4. The average Bonchev–Trinajstić information content (AvgIpc) is 3.63.